The normalized spacial score (nSPS) is 12.3. The second-order valence-electron chi connectivity index (χ2n) is 10.3. The van der Waals surface area contributed by atoms with Gasteiger partial charge in [0.15, 0.2) is 11.4 Å². The number of nitrogens with one attached hydrogen (secondary N) is 1. The molecule has 0 saturated heterocycles. The average molecular weight is 651 g/mol. The molecular weight excluding hydrogens is 623 g/mol. The Morgan fingerprint density at radius 1 is 1.13 bits per heavy atom. The Bertz CT molecular complexity index is 1520. The van der Waals surface area contributed by atoms with E-state index in [1.807, 2.05) is 30.4 Å². The van der Waals surface area contributed by atoms with Crippen molar-refractivity contribution in [2.45, 2.75) is 45.4 Å². The van der Waals surface area contributed by atoms with Crippen molar-refractivity contribution in [1.29, 1.82) is 0 Å². The van der Waals surface area contributed by atoms with Gasteiger partial charge in [-0.25, -0.2) is 4.98 Å². The Labute approximate surface area is 245 Å². The maximum atomic E-state index is 13.6. The molecule has 3 heterocycles. The van der Waals surface area contributed by atoms with Gasteiger partial charge < -0.3 is 9.74 Å². The van der Waals surface area contributed by atoms with Gasteiger partial charge in [0.2, 0.25) is 0 Å². The van der Waals surface area contributed by atoms with Gasteiger partial charge in [0, 0.05) is 26.9 Å². The molecule has 0 aliphatic heterocycles. The molecular formula is C27H27BrCl2N4O2SSi. The van der Waals surface area contributed by atoms with Gasteiger partial charge in [0.05, 0.1) is 15.7 Å². The number of amides is 1. The predicted molar refractivity (Wildman–Crippen MR) is 164 cm³/mol. The zero-order valence-electron chi connectivity index (χ0n) is 21.6. The van der Waals surface area contributed by atoms with Crippen molar-refractivity contribution in [3.8, 4) is 5.75 Å². The van der Waals surface area contributed by atoms with Gasteiger partial charge in [-0.15, -0.1) is 16.4 Å². The summed E-state index contributed by atoms with van der Waals surface area (Å²) >= 11 is 17.4. The van der Waals surface area contributed by atoms with Crippen LogP contribution in [0.3, 0.4) is 0 Å². The van der Waals surface area contributed by atoms with Crippen LogP contribution in [0.5, 0.6) is 5.75 Å². The van der Waals surface area contributed by atoms with E-state index in [1.165, 1.54) is 0 Å². The number of nitrogens with zero attached hydrogens (tertiary/aromatic N) is 3. The lowest BCUT2D eigenvalue weighted by atomic mass is 10.1. The number of thiophene rings is 1. The smallest absolute Gasteiger partial charge is 0.274 e. The predicted octanol–water partition coefficient (Wildman–Crippen LogP) is 8.64. The molecule has 1 aromatic carbocycles. The Hall–Kier alpha value is -2.30. The summed E-state index contributed by atoms with van der Waals surface area (Å²) in [6.45, 7) is 10.9. The van der Waals surface area contributed by atoms with Crippen LogP contribution < -0.4 is 9.74 Å². The molecule has 0 aliphatic carbocycles. The van der Waals surface area contributed by atoms with Crippen molar-refractivity contribution < 1.29 is 9.22 Å². The van der Waals surface area contributed by atoms with Crippen molar-refractivity contribution in [2.75, 3.05) is 0 Å². The van der Waals surface area contributed by atoms with Crippen molar-refractivity contribution in [2.24, 2.45) is 0 Å². The van der Waals surface area contributed by atoms with Crippen LogP contribution in [-0.4, -0.2) is 29.4 Å². The standard InChI is InChI=1S/C27H27BrCl2N4O2SSi/c1-27(2,3)38(4,5)36-25-23-20(10-11-32-34-23)21(8-6-19-7-9-22(28)37-19)33-24(25)26(35)31-15-16-12-17(29)14-18(30)13-16/h6-14H,15H2,1-5H3,(H,31,35). The third-order valence-corrected chi connectivity index (χ3v) is 12.8. The Balaban J connectivity index is 1.81. The molecule has 11 heteroatoms. The molecule has 4 rings (SSSR count). The molecule has 38 heavy (non-hydrogen) atoms. The monoisotopic (exact) mass is 648 g/mol. The van der Waals surface area contributed by atoms with Gasteiger partial charge in [-0.2, -0.15) is 5.10 Å². The van der Waals surface area contributed by atoms with Crippen molar-refractivity contribution in [1.82, 2.24) is 20.5 Å². The van der Waals surface area contributed by atoms with Crippen molar-refractivity contribution >= 4 is 87.7 Å². The minimum atomic E-state index is -2.37. The van der Waals surface area contributed by atoms with Crippen LogP contribution in [-0.2, 0) is 6.54 Å². The number of carbonyl (C=O) groups excluding carboxylic acids is 1. The van der Waals surface area contributed by atoms with E-state index in [2.05, 4.69) is 65.3 Å². The lowest BCUT2D eigenvalue weighted by Crippen LogP contribution is -2.44. The highest BCUT2D eigenvalue weighted by Gasteiger charge is 2.40. The summed E-state index contributed by atoms with van der Waals surface area (Å²) in [7, 11) is -2.37. The van der Waals surface area contributed by atoms with Gasteiger partial charge in [-0.1, -0.05) is 44.0 Å². The molecule has 0 atom stereocenters. The van der Waals surface area contributed by atoms with Gasteiger partial charge in [0.1, 0.15) is 5.52 Å². The molecule has 0 unspecified atom stereocenters. The quantitative estimate of drug-likeness (QED) is 0.203. The van der Waals surface area contributed by atoms with Crippen LogP contribution in [0.2, 0.25) is 28.2 Å². The number of benzene rings is 1. The zero-order chi connectivity index (χ0) is 27.7. The highest BCUT2D eigenvalue weighted by Crippen LogP contribution is 2.40. The summed E-state index contributed by atoms with van der Waals surface area (Å²) in [5, 5.41) is 13.1. The van der Waals surface area contributed by atoms with Crippen LogP contribution in [0.4, 0.5) is 0 Å². The first kappa shape index (κ1) is 28.7. The van der Waals surface area contributed by atoms with E-state index in [1.54, 1.807) is 35.7 Å². The third-order valence-electron chi connectivity index (χ3n) is 6.41. The number of carbonyl (C=O) groups is 1. The first-order chi connectivity index (χ1) is 17.8. The van der Waals surface area contributed by atoms with Gasteiger partial charge in [-0.3, -0.25) is 4.79 Å². The Morgan fingerprint density at radius 3 is 2.47 bits per heavy atom. The van der Waals surface area contributed by atoms with E-state index in [4.69, 9.17) is 32.6 Å². The van der Waals surface area contributed by atoms with Crippen LogP contribution >= 0.6 is 50.5 Å². The second kappa shape index (κ2) is 11.4. The third kappa shape index (κ3) is 6.63. The van der Waals surface area contributed by atoms with E-state index < -0.39 is 14.2 Å². The summed E-state index contributed by atoms with van der Waals surface area (Å²) in [5.41, 5.74) is 2.02. The van der Waals surface area contributed by atoms with Crippen molar-refractivity contribution in [3.05, 3.63) is 78.3 Å². The largest absolute Gasteiger partial charge is 0.540 e. The van der Waals surface area contributed by atoms with E-state index in [0.29, 0.717) is 27.0 Å². The number of fused-ring (bicyclic) bond motifs is 1. The minimum absolute atomic E-state index is 0.113. The molecule has 198 valence electrons. The molecule has 0 spiro atoms. The van der Waals surface area contributed by atoms with E-state index >= 15 is 0 Å². The van der Waals surface area contributed by atoms with E-state index in [9.17, 15) is 4.79 Å². The van der Waals surface area contributed by atoms with Crippen molar-refractivity contribution in [3.63, 3.8) is 0 Å². The summed E-state index contributed by atoms with van der Waals surface area (Å²) < 4.78 is 7.71. The van der Waals surface area contributed by atoms with Crippen LogP contribution in [0.15, 0.2) is 46.4 Å². The fourth-order valence-electron chi connectivity index (χ4n) is 3.39. The number of halogens is 3. The van der Waals surface area contributed by atoms with Gasteiger partial charge in [0.25, 0.3) is 14.2 Å². The zero-order valence-corrected chi connectivity index (χ0v) is 26.5. The van der Waals surface area contributed by atoms with Crippen LogP contribution in [0, 0.1) is 0 Å². The summed E-state index contributed by atoms with van der Waals surface area (Å²) in [6.07, 6.45) is 5.45. The van der Waals surface area contributed by atoms with Crippen LogP contribution in [0.1, 0.15) is 47.4 Å². The maximum Gasteiger partial charge on any atom is 0.274 e. The maximum absolute atomic E-state index is 13.6. The van der Waals surface area contributed by atoms with Gasteiger partial charge in [-0.05, 0) is 88.2 Å². The molecule has 0 fully saturated rings. The highest BCUT2D eigenvalue weighted by atomic mass is 79.9. The number of aromatic nitrogens is 3. The fraction of sp³-hybridized carbons (Fsp3) is 0.259. The molecule has 0 bridgehead atoms. The summed E-state index contributed by atoms with van der Waals surface area (Å²) in [5.74, 6) is -0.0479. The molecule has 1 amide bonds. The molecule has 1 N–H and O–H groups in total. The lowest BCUT2D eigenvalue weighted by Gasteiger charge is -2.36. The Morgan fingerprint density at radius 2 is 1.84 bits per heavy atom. The topological polar surface area (TPSA) is 77.0 Å². The fourth-order valence-corrected chi connectivity index (χ4v) is 6.30. The number of hydrogen-bond acceptors (Lipinski definition) is 6. The average Bonchev–Trinajstić information content (AvgIpc) is 3.25. The summed E-state index contributed by atoms with van der Waals surface area (Å²) in [4.78, 5) is 19.5. The molecule has 0 aliphatic rings. The number of rotatable bonds is 7. The molecule has 0 radical (unpaired) electrons. The summed E-state index contributed by atoms with van der Waals surface area (Å²) in [6, 6.07) is 11.0. The first-order valence-electron chi connectivity index (χ1n) is 11.8. The molecule has 6 nitrogen and oxygen atoms in total. The minimum Gasteiger partial charge on any atom is -0.540 e. The molecule has 4 aromatic rings. The highest BCUT2D eigenvalue weighted by molar-refractivity contribution is 9.11. The molecule has 3 aromatic heterocycles. The lowest BCUT2D eigenvalue weighted by molar-refractivity contribution is 0.0944. The second-order valence-corrected chi connectivity index (χ2v) is 18.4. The SMILES string of the molecule is CC(C)(C)[Si](C)(C)Oc1c(C(=O)NCc2cc(Cl)cc(Cl)c2)nc(C=Cc2ccc(Br)s2)c2ccnnc12. The van der Waals surface area contributed by atoms with E-state index in [0.717, 1.165) is 19.6 Å². The van der Waals surface area contributed by atoms with Gasteiger partial charge >= 0.3 is 0 Å². The molecule has 0 saturated carbocycles. The Kier molecular flexibility index (Phi) is 8.64. The first-order valence-corrected chi connectivity index (χ1v) is 17.1. The van der Waals surface area contributed by atoms with E-state index in [-0.39, 0.29) is 17.3 Å². The number of pyridine rings is 1. The number of hydrogen-bond donors (Lipinski definition) is 1. The van der Waals surface area contributed by atoms with Crippen LogP contribution in [0.25, 0.3) is 23.1 Å².